The van der Waals surface area contributed by atoms with Crippen LogP contribution < -0.4 is 4.81 Å². The minimum absolute atomic E-state index is 0.530. The van der Waals surface area contributed by atoms with Gasteiger partial charge in [-0.1, -0.05) is 31.4 Å². The summed E-state index contributed by atoms with van der Waals surface area (Å²) in [7, 11) is 2.24. The number of para-hydroxylation sites is 1. The van der Waals surface area contributed by atoms with Crippen molar-refractivity contribution >= 4 is 13.1 Å². The molecule has 0 unspecified atom stereocenters. The van der Waals surface area contributed by atoms with Crippen molar-refractivity contribution in [1.29, 1.82) is 0 Å². The van der Waals surface area contributed by atoms with Crippen LogP contribution in [0.5, 0.6) is 0 Å². The molecule has 0 aliphatic carbocycles. The van der Waals surface area contributed by atoms with Crippen molar-refractivity contribution in [2.24, 2.45) is 0 Å². The Morgan fingerprint density at radius 1 is 1.23 bits per heavy atom. The van der Waals surface area contributed by atoms with E-state index in [1.165, 1.54) is 5.69 Å². The van der Waals surface area contributed by atoms with Gasteiger partial charge in [-0.3, -0.25) is 0 Å². The molecule has 0 spiro atoms. The van der Waals surface area contributed by atoms with Crippen LogP contribution in [-0.4, -0.2) is 13.5 Å². The van der Waals surface area contributed by atoms with Crippen LogP contribution in [0.1, 0.15) is 20.8 Å². The van der Waals surface area contributed by atoms with E-state index in [4.69, 9.17) is 0 Å². The highest BCUT2D eigenvalue weighted by atomic mass is 15.1. The van der Waals surface area contributed by atoms with Gasteiger partial charge in [0.05, 0.1) is 0 Å². The highest BCUT2D eigenvalue weighted by Gasteiger charge is 2.08. The molecule has 1 radical (unpaired) electrons. The van der Waals surface area contributed by atoms with Gasteiger partial charge in [-0.2, -0.15) is 0 Å². The molecule has 0 amide bonds. The summed E-state index contributed by atoms with van der Waals surface area (Å²) in [4.78, 5) is 2.31. The minimum atomic E-state index is 0.530. The second-order valence-corrected chi connectivity index (χ2v) is 3.43. The summed E-state index contributed by atoms with van der Waals surface area (Å²) in [6.07, 6.45) is 1.08. The number of anilines is 1. The van der Waals surface area contributed by atoms with E-state index in [0.29, 0.717) is 6.04 Å². The zero-order chi connectivity index (χ0) is 9.68. The average Bonchev–Trinajstić information content (AvgIpc) is 2.15. The minimum Gasteiger partial charge on any atom is -0.417 e. The molecule has 0 aliphatic rings. The van der Waals surface area contributed by atoms with E-state index in [0.717, 1.165) is 6.32 Å². The highest BCUT2D eigenvalue weighted by molar-refractivity contribution is 6.41. The molecule has 0 bridgehead atoms. The van der Waals surface area contributed by atoms with E-state index in [-0.39, 0.29) is 0 Å². The molecule has 1 rings (SSSR count). The van der Waals surface area contributed by atoms with Gasteiger partial charge in [-0.25, -0.2) is 0 Å². The van der Waals surface area contributed by atoms with Crippen molar-refractivity contribution < 1.29 is 0 Å². The second kappa shape index (κ2) is 4.95. The molecule has 1 aromatic carbocycles. The summed E-state index contributed by atoms with van der Waals surface area (Å²) >= 11 is 0. The smallest absolute Gasteiger partial charge is 0.246 e. The van der Waals surface area contributed by atoms with Gasteiger partial charge in [0, 0.05) is 11.7 Å². The summed E-state index contributed by atoms with van der Waals surface area (Å²) in [5, 5.41) is 0. The van der Waals surface area contributed by atoms with Gasteiger partial charge < -0.3 is 4.81 Å². The molecular formula is C11H17BN. The predicted octanol–water partition coefficient (Wildman–Crippen LogP) is 2.96. The van der Waals surface area contributed by atoms with Crippen LogP contribution in [0.4, 0.5) is 5.69 Å². The van der Waals surface area contributed by atoms with Gasteiger partial charge in [0.2, 0.25) is 7.41 Å². The van der Waals surface area contributed by atoms with Gasteiger partial charge in [-0.05, 0) is 26.0 Å². The lowest BCUT2D eigenvalue weighted by molar-refractivity contribution is 0.820. The van der Waals surface area contributed by atoms with Crippen LogP contribution in [0, 0.1) is 0 Å². The third-order valence-electron chi connectivity index (χ3n) is 1.99. The fourth-order valence-electron chi connectivity index (χ4n) is 1.41. The van der Waals surface area contributed by atoms with Crippen molar-refractivity contribution in [2.75, 3.05) is 4.81 Å². The first-order valence-electron chi connectivity index (χ1n) is 4.92. The largest absolute Gasteiger partial charge is 0.417 e. The normalized spacial score (nSPS) is 10.2. The summed E-state index contributed by atoms with van der Waals surface area (Å²) in [6.45, 7) is 6.58. The first-order chi connectivity index (χ1) is 6.25. The molecule has 0 fully saturated rings. The lowest BCUT2D eigenvalue weighted by Crippen LogP contribution is -2.33. The Labute approximate surface area is 82.0 Å². The van der Waals surface area contributed by atoms with Crippen LogP contribution in [0.15, 0.2) is 30.3 Å². The molecule has 0 saturated carbocycles. The van der Waals surface area contributed by atoms with Crippen LogP contribution in [0.2, 0.25) is 6.32 Å². The Hall–Kier alpha value is -0.915. The van der Waals surface area contributed by atoms with E-state index in [9.17, 15) is 0 Å². The fraction of sp³-hybridized carbons (Fsp3) is 0.455. The van der Waals surface area contributed by atoms with E-state index in [1.54, 1.807) is 0 Å². The Kier molecular flexibility index (Phi) is 3.87. The number of rotatable bonds is 4. The molecule has 0 aromatic heterocycles. The van der Waals surface area contributed by atoms with Crippen molar-refractivity contribution in [3.8, 4) is 0 Å². The third-order valence-corrected chi connectivity index (χ3v) is 1.99. The summed E-state index contributed by atoms with van der Waals surface area (Å²) in [5.74, 6) is 0. The van der Waals surface area contributed by atoms with Gasteiger partial charge in [-0.15, -0.1) is 0 Å². The highest BCUT2D eigenvalue weighted by Crippen LogP contribution is 2.15. The molecule has 1 aromatic rings. The fourth-order valence-corrected chi connectivity index (χ4v) is 1.41. The quantitative estimate of drug-likeness (QED) is 0.634. The van der Waals surface area contributed by atoms with Crippen LogP contribution in [0.3, 0.4) is 0 Å². The summed E-state index contributed by atoms with van der Waals surface area (Å²) in [6, 6.07) is 11.0. The van der Waals surface area contributed by atoms with E-state index < -0.39 is 0 Å². The van der Waals surface area contributed by atoms with Gasteiger partial charge in [0.15, 0.2) is 0 Å². The maximum atomic E-state index is 2.31. The number of hydrogen-bond acceptors (Lipinski definition) is 1. The van der Waals surface area contributed by atoms with Crippen LogP contribution >= 0.6 is 0 Å². The van der Waals surface area contributed by atoms with Gasteiger partial charge >= 0.3 is 0 Å². The lowest BCUT2D eigenvalue weighted by Gasteiger charge is -2.28. The Morgan fingerprint density at radius 2 is 1.85 bits per heavy atom. The third kappa shape index (κ3) is 2.80. The Balaban J connectivity index is 2.76. The number of benzene rings is 1. The van der Waals surface area contributed by atoms with Crippen LogP contribution in [0.25, 0.3) is 0 Å². The first kappa shape index (κ1) is 10.2. The molecule has 0 N–H and O–H groups in total. The molecule has 1 nitrogen and oxygen atoms in total. The molecule has 0 aliphatic heterocycles. The first-order valence-corrected chi connectivity index (χ1v) is 4.92. The predicted molar refractivity (Wildman–Crippen MR) is 60.3 cm³/mol. The molecular weight excluding hydrogens is 157 g/mol. The van der Waals surface area contributed by atoms with E-state index >= 15 is 0 Å². The zero-order valence-corrected chi connectivity index (χ0v) is 8.70. The van der Waals surface area contributed by atoms with Crippen molar-refractivity contribution in [3.63, 3.8) is 0 Å². The molecule has 13 heavy (non-hydrogen) atoms. The van der Waals surface area contributed by atoms with Crippen molar-refractivity contribution in [1.82, 2.24) is 0 Å². The Bertz CT molecular complexity index is 233. The molecule has 0 heterocycles. The Morgan fingerprint density at radius 3 is 2.31 bits per heavy atom. The maximum Gasteiger partial charge on any atom is 0.246 e. The van der Waals surface area contributed by atoms with Gasteiger partial charge in [0.1, 0.15) is 0 Å². The molecule has 0 atom stereocenters. The standard InChI is InChI=1S/C11H17BN/c1-4-12-13(10(2)3)11-8-6-5-7-9-11/h5-10H,4H2,1-3H3. The zero-order valence-electron chi connectivity index (χ0n) is 8.70. The SMILES string of the molecule is CC[B]N(c1ccccc1)C(C)C. The molecule has 2 heteroatoms. The monoisotopic (exact) mass is 174 g/mol. The van der Waals surface area contributed by atoms with Gasteiger partial charge in [0.25, 0.3) is 0 Å². The van der Waals surface area contributed by atoms with Crippen molar-refractivity contribution in [3.05, 3.63) is 30.3 Å². The summed E-state index contributed by atoms with van der Waals surface area (Å²) in [5.41, 5.74) is 1.28. The van der Waals surface area contributed by atoms with Crippen LogP contribution in [-0.2, 0) is 0 Å². The second-order valence-electron chi connectivity index (χ2n) is 3.43. The van der Waals surface area contributed by atoms with E-state index in [1.807, 2.05) is 6.07 Å². The maximum absolute atomic E-state index is 2.31. The number of nitrogens with zero attached hydrogens (tertiary/aromatic N) is 1. The molecule has 69 valence electrons. The lowest BCUT2D eigenvalue weighted by atomic mass is 9.85. The topological polar surface area (TPSA) is 3.24 Å². The van der Waals surface area contributed by atoms with E-state index in [2.05, 4.69) is 57.3 Å². The summed E-state index contributed by atoms with van der Waals surface area (Å²) < 4.78 is 0. The molecule has 0 saturated heterocycles. The van der Waals surface area contributed by atoms with Crippen molar-refractivity contribution in [2.45, 2.75) is 33.1 Å². The average molecular weight is 174 g/mol. The number of hydrogen-bond donors (Lipinski definition) is 0.